The van der Waals surface area contributed by atoms with E-state index in [1.54, 1.807) is 4.90 Å². The summed E-state index contributed by atoms with van der Waals surface area (Å²) in [4.78, 5) is 22.3. The largest absolute Gasteiger partial charge is 0.365 e. The van der Waals surface area contributed by atoms with Gasteiger partial charge in [0.2, 0.25) is 0 Å². The van der Waals surface area contributed by atoms with E-state index in [0.29, 0.717) is 12.1 Å². The van der Waals surface area contributed by atoms with Gasteiger partial charge in [0.05, 0.1) is 0 Å². The molecular formula is C24H35N5O. The van der Waals surface area contributed by atoms with E-state index in [0.717, 1.165) is 31.7 Å². The summed E-state index contributed by atoms with van der Waals surface area (Å²) in [7, 11) is 3.62. The normalized spacial score (nSPS) is 26.5. The van der Waals surface area contributed by atoms with Gasteiger partial charge < -0.3 is 20.1 Å². The molecule has 2 aromatic rings. The third-order valence-corrected chi connectivity index (χ3v) is 7.53. The van der Waals surface area contributed by atoms with Gasteiger partial charge in [-0.15, -0.1) is 0 Å². The minimum Gasteiger partial charge on any atom is -0.365 e. The minimum atomic E-state index is 0.0464. The monoisotopic (exact) mass is 409 g/mol. The molecule has 1 saturated carbocycles. The van der Waals surface area contributed by atoms with Gasteiger partial charge in [-0.3, -0.25) is 4.90 Å². The van der Waals surface area contributed by atoms with Crippen LogP contribution in [0.5, 0.6) is 0 Å². The van der Waals surface area contributed by atoms with Gasteiger partial charge in [0.1, 0.15) is 0 Å². The highest BCUT2D eigenvalue weighted by Crippen LogP contribution is 2.38. The molecule has 0 spiro atoms. The number of urea groups is 1. The topological polar surface area (TPSA) is 54.6 Å². The predicted octanol–water partition coefficient (Wildman–Crippen LogP) is 3.43. The molecule has 0 bridgehead atoms. The second kappa shape index (κ2) is 8.14. The van der Waals surface area contributed by atoms with Crippen molar-refractivity contribution in [3.05, 3.63) is 30.0 Å². The molecule has 5 rings (SSSR count). The van der Waals surface area contributed by atoms with Crippen LogP contribution in [-0.4, -0.2) is 73.2 Å². The van der Waals surface area contributed by atoms with E-state index in [9.17, 15) is 4.79 Å². The zero-order valence-electron chi connectivity index (χ0n) is 18.4. The maximum absolute atomic E-state index is 11.9. The molecule has 1 unspecified atom stereocenters. The van der Waals surface area contributed by atoms with Crippen molar-refractivity contribution in [3.63, 3.8) is 0 Å². The van der Waals surface area contributed by atoms with Gasteiger partial charge in [-0.1, -0.05) is 6.07 Å². The number of piperazine rings is 1. The number of hydrogen-bond donors (Lipinski definition) is 2. The van der Waals surface area contributed by atoms with Crippen LogP contribution >= 0.6 is 0 Å². The Morgan fingerprint density at radius 2 is 2.03 bits per heavy atom. The zero-order valence-corrected chi connectivity index (χ0v) is 18.4. The number of aromatic nitrogens is 1. The van der Waals surface area contributed by atoms with Crippen LogP contribution in [0.25, 0.3) is 10.9 Å². The van der Waals surface area contributed by atoms with Gasteiger partial charge in [-0.25, -0.2) is 4.79 Å². The average Bonchev–Trinajstić information content (AvgIpc) is 3.17. The van der Waals surface area contributed by atoms with E-state index in [2.05, 4.69) is 44.5 Å². The first-order chi connectivity index (χ1) is 14.6. The summed E-state index contributed by atoms with van der Waals surface area (Å²) < 4.78 is 0. The summed E-state index contributed by atoms with van der Waals surface area (Å²) in [5, 5.41) is 4.60. The fraction of sp³-hybridized carbons (Fsp3) is 0.625. The quantitative estimate of drug-likeness (QED) is 0.813. The molecule has 6 heteroatoms. The number of amides is 2. The van der Waals surface area contributed by atoms with Crippen molar-refractivity contribution >= 4 is 22.6 Å². The molecule has 1 aromatic heterocycles. The third kappa shape index (κ3) is 3.78. The Hall–Kier alpha value is -2.21. The van der Waals surface area contributed by atoms with Crippen LogP contribution < -0.4 is 10.2 Å². The SMILES string of the molecule is CN(C)C(=O)NC1CCC(CCN2CCN3c4cccc5[nH]cc(c45)CC3C2)CC1. The lowest BCUT2D eigenvalue weighted by molar-refractivity contribution is 0.184. The van der Waals surface area contributed by atoms with Crippen molar-refractivity contribution in [2.24, 2.45) is 5.92 Å². The number of rotatable bonds is 4. The van der Waals surface area contributed by atoms with Crippen molar-refractivity contribution in [2.75, 3.05) is 45.2 Å². The van der Waals surface area contributed by atoms with E-state index in [4.69, 9.17) is 0 Å². The lowest BCUT2D eigenvalue weighted by Gasteiger charge is -2.45. The molecule has 30 heavy (non-hydrogen) atoms. The Labute approximate surface area is 179 Å². The lowest BCUT2D eigenvalue weighted by atomic mass is 9.84. The third-order valence-electron chi connectivity index (χ3n) is 7.53. The number of H-pyrrole nitrogens is 1. The summed E-state index contributed by atoms with van der Waals surface area (Å²) in [6.07, 6.45) is 9.42. The van der Waals surface area contributed by atoms with Crippen molar-refractivity contribution in [2.45, 2.75) is 50.6 Å². The minimum absolute atomic E-state index is 0.0464. The van der Waals surface area contributed by atoms with Crippen LogP contribution in [-0.2, 0) is 6.42 Å². The lowest BCUT2D eigenvalue weighted by Crippen LogP contribution is -2.55. The number of nitrogens with zero attached hydrogens (tertiary/aromatic N) is 3. The second-order valence-electron chi connectivity index (χ2n) is 9.72. The molecule has 0 radical (unpaired) electrons. The van der Waals surface area contributed by atoms with Crippen LogP contribution in [0.15, 0.2) is 24.4 Å². The maximum Gasteiger partial charge on any atom is 0.317 e. The van der Waals surface area contributed by atoms with Crippen molar-refractivity contribution in [1.82, 2.24) is 20.1 Å². The number of benzene rings is 1. The summed E-state index contributed by atoms with van der Waals surface area (Å²) >= 11 is 0. The fourth-order valence-corrected chi connectivity index (χ4v) is 5.77. The number of carbonyl (C=O) groups excluding carboxylic acids is 1. The Morgan fingerprint density at radius 3 is 2.83 bits per heavy atom. The molecule has 2 aliphatic heterocycles. The van der Waals surface area contributed by atoms with Crippen LogP contribution in [0.4, 0.5) is 10.5 Å². The second-order valence-corrected chi connectivity index (χ2v) is 9.72. The van der Waals surface area contributed by atoms with Crippen LogP contribution in [0.1, 0.15) is 37.7 Å². The average molecular weight is 410 g/mol. The number of aromatic amines is 1. The Kier molecular flexibility index (Phi) is 5.35. The van der Waals surface area contributed by atoms with Gasteiger partial charge in [-0.2, -0.15) is 0 Å². The van der Waals surface area contributed by atoms with Crippen molar-refractivity contribution in [3.8, 4) is 0 Å². The number of hydrogen-bond acceptors (Lipinski definition) is 3. The Balaban J connectivity index is 1.11. The maximum atomic E-state index is 11.9. The molecule has 6 nitrogen and oxygen atoms in total. The molecule has 2 fully saturated rings. The molecule has 1 aromatic carbocycles. The molecule has 162 valence electrons. The summed E-state index contributed by atoms with van der Waals surface area (Å²) in [5.74, 6) is 0.812. The Morgan fingerprint density at radius 1 is 1.20 bits per heavy atom. The van der Waals surface area contributed by atoms with Gasteiger partial charge in [0, 0.05) is 68.6 Å². The summed E-state index contributed by atoms with van der Waals surface area (Å²) in [5.41, 5.74) is 4.19. The van der Waals surface area contributed by atoms with Crippen LogP contribution in [0, 0.1) is 5.92 Å². The van der Waals surface area contributed by atoms with Gasteiger partial charge in [0.25, 0.3) is 0 Å². The van der Waals surface area contributed by atoms with Gasteiger partial charge in [0.15, 0.2) is 0 Å². The first kappa shape index (κ1) is 19.7. The van der Waals surface area contributed by atoms with E-state index in [1.165, 1.54) is 61.1 Å². The number of carbonyl (C=O) groups is 1. The van der Waals surface area contributed by atoms with Crippen molar-refractivity contribution in [1.29, 1.82) is 0 Å². The van der Waals surface area contributed by atoms with Crippen molar-refractivity contribution < 1.29 is 4.79 Å². The van der Waals surface area contributed by atoms with E-state index in [1.807, 2.05) is 14.1 Å². The van der Waals surface area contributed by atoms with Gasteiger partial charge in [-0.05, 0) is 68.7 Å². The highest BCUT2D eigenvalue weighted by atomic mass is 16.2. The molecular weight excluding hydrogens is 374 g/mol. The first-order valence-electron chi connectivity index (χ1n) is 11.6. The smallest absolute Gasteiger partial charge is 0.317 e. The molecule has 1 aliphatic carbocycles. The molecule has 3 aliphatic rings. The summed E-state index contributed by atoms with van der Waals surface area (Å²) in [6.45, 7) is 4.70. The highest BCUT2D eigenvalue weighted by molar-refractivity contribution is 5.96. The van der Waals surface area contributed by atoms with Crippen LogP contribution in [0.3, 0.4) is 0 Å². The number of anilines is 1. The summed E-state index contributed by atoms with van der Waals surface area (Å²) in [6, 6.07) is 7.69. The number of fused-ring (bicyclic) bond motifs is 2. The molecule has 1 atom stereocenters. The van der Waals surface area contributed by atoms with E-state index in [-0.39, 0.29) is 6.03 Å². The molecule has 1 saturated heterocycles. The Bertz CT molecular complexity index is 898. The molecule has 2 amide bonds. The van der Waals surface area contributed by atoms with Crippen LogP contribution in [0.2, 0.25) is 0 Å². The number of nitrogens with one attached hydrogen (secondary N) is 2. The first-order valence-corrected chi connectivity index (χ1v) is 11.6. The standard InChI is InChI=1S/C24H35N5O/c1-27(2)24(30)26-19-8-6-17(7-9-19)10-11-28-12-13-29-20(16-28)14-18-15-25-21-4-3-5-22(29)23(18)21/h3-5,15,17,19-20,25H,6-14,16H2,1-2H3,(H,26,30). The fourth-order valence-electron chi connectivity index (χ4n) is 5.77. The predicted molar refractivity (Wildman–Crippen MR) is 122 cm³/mol. The van der Waals surface area contributed by atoms with Gasteiger partial charge >= 0.3 is 6.03 Å². The molecule has 3 heterocycles. The van der Waals surface area contributed by atoms with E-state index >= 15 is 0 Å². The molecule has 2 N–H and O–H groups in total. The highest BCUT2D eigenvalue weighted by Gasteiger charge is 2.33. The zero-order chi connectivity index (χ0) is 20.7. The van der Waals surface area contributed by atoms with E-state index < -0.39 is 0 Å².